The van der Waals surface area contributed by atoms with E-state index in [4.69, 9.17) is 9.88 Å². The predicted molar refractivity (Wildman–Crippen MR) is 59.7 cm³/mol. The number of H-pyrrole nitrogens is 1. The van der Waals surface area contributed by atoms with Gasteiger partial charge in [-0.2, -0.15) is 10.1 Å². The third-order valence-corrected chi connectivity index (χ3v) is 2.87. The predicted octanol–water partition coefficient (Wildman–Crippen LogP) is 0.267. The second-order valence-corrected chi connectivity index (χ2v) is 4.83. The van der Waals surface area contributed by atoms with Crippen molar-refractivity contribution in [2.24, 2.45) is 5.14 Å². The number of methoxy groups -OCH3 is 1. The first kappa shape index (κ1) is 12.5. The zero-order valence-corrected chi connectivity index (χ0v) is 10.0. The van der Waals surface area contributed by atoms with Crippen molar-refractivity contribution >= 4 is 10.0 Å². The molecule has 9 heteroatoms. The van der Waals surface area contributed by atoms with Crippen LogP contribution in [0, 0.1) is 5.82 Å². The number of benzene rings is 1. The lowest BCUT2D eigenvalue weighted by atomic mass is 10.2. The third-order valence-electron chi connectivity index (χ3n) is 2.15. The van der Waals surface area contributed by atoms with Gasteiger partial charge in [0.1, 0.15) is 11.6 Å². The highest BCUT2D eigenvalue weighted by Crippen LogP contribution is 2.23. The lowest BCUT2D eigenvalue weighted by Gasteiger charge is -2.01. The topological polar surface area (TPSA) is 111 Å². The summed E-state index contributed by atoms with van der Waals surface area (Å²) in [6, 6.07) is 4.03. The number of hydrogen-bond donors (Lipinski definition) is 2. The molecule has 0 amide bonds. The fraction of sp³-hybridized carbons (Fsp3) is 0.111. The van der Waals surface area contributed by atoms with Crippen molar-refractivity contribution in [3.05, 3.63) is 24.0 Å². The van der Waals surface area contributed by atoms with Crippen LogP contribution >= 0.6 is 0 Å². The Bertz CT molecular complexity index is 683. The van der Waals surface area contributed by atoms with Crippen LogP contribution in [0.1, 0.15) is 0 Å². The summed E-state index contributed by atoms with van der Waals surface area (Å²) in [5, 5.41) is 10.1. The number of aromatic nitrogens is 3. The van der Waals surface area contributed by atoms with Crippen molar-refractivity contribution in [2.75, 3.05) is 7.11 Å². The number of nitrogens with one attached hydrogen (secondary N) is 1. The van der Waals surface area contributed by atoms with Crippen LogP contribution in [0.3, 0.4) is 0 Å². The molecule has 2 aromatic rings. The highest BCUT2D eigenvalue weighted by Gasteiger charge is 2.17. The van der Waals surface area contributed by atoms with Crippen LogP contribution in [0.4, 0.5) is 4.39 Å². The molecule has 0 aliphatic rings. The molecule has 0 radical (unpaired) electrons. The summed E-state index contributed by atoms with van der Waals surface area (Å²) in [6.07, 6.45) is 0. The molecule has 7 nitrogen and oxygen atoms in total. The van der Waals surface area contributed by atoms with Gasteiger partial charge in [0.25, 0.3) is 15.2 Å². The van der Waals surface area contributed by atoms with E-state index >= 15 is 0 Å². The molecule has 0 bridgehead atoms. The van der Waals surface area contributed by atoms with Crippen molar-refractivity contribution < 1.29 is 17.5 Å². The molecule has 2 rings (SSSR count). The van der Waals surface area contributed by atoms with Crippen molar-refractivity contribution in [2.45, 2.75) is 5.16 Å². The Kier molecular flexibility index (Phi) is 3.01. The number of hydrogen-bond acceptors (Lipinski definition) is 5. The van der Waals surface area contributed by atoms with E-state index in [1.165, 1.54) is 19.2 Å². The quantitative estimate of drug-likeness (QED) is 0.832. The molecule has 0 spiro atoms. The fourth-order valence-electron chi connectivity index (χ4n) is 1.30. The Morgan fingerprint density at radius 2 is 2.17 bits per heavy atom. The van der Waals surface area contributed by atoms with Gasteiger partial charge in [-0.25, -0.2) is 23.0 Å². The second-order valence-electron chi connectivity index (χ2n) is 3.35. The third kappa shape index (κ3) is 2.31. The number of primary sulfonamides is 1. The minimum absolute atomic E-state index is 0.0435. The summed E-state index contributed by atoms with van der Waals surface area (Å²) >= 11 is 0. The molecule has 1 heterocycles. The Hall–Kier alpha value is -2.00. The molecule has 18 heavy (non-hydrogen) atoms. The van der Waals surface area contributed by atoms with Crippen LogP contribution < -0.4 is 9.88 Å². The highest BCUT2D eigenvalue weighted by atomic mass is 32.2. The molecule has 0 aliphatic carbocycles. The number of aromatic amines is 1. The maximum absolute atomic E-state index is 13.7. The minimum Gasteiger partial charge on any atom is -0.497 e. The van der Waals surface area contributed by atoms with Crippen LogP contribution in [0.5, 0.6) is 5.75 Å². The van der Waals surface area contributed by atoms with Gasteiger partial charge in [-0.3, -0.25) is 0 Å². The molecule has 1 aromatic carbocycles. The lowest BCUT2D eigenvalue weighted by molar-refractivity contribution is 0.411. The van der Waals surface area contributed by atoms with E-state index in [1.54, 1.807) is 0 Å². The number of halogens is 1. The van der Waals surface area contributed by atoms with Gasteiger partial charge in [0.15, 0.2) is 5.82 Å². The van der Waals surface area contributed by atoms with E-state index in [1.807, 2.05) is 0 Å². The molecule has 0 saturated heterocycles. The Labute approximate surface area is 102 Å². The smallest absolute Gasteiger partial charge is 0.273 e. The van der Waals surface area contributed by atoms with E-state index in [0.29, 0.717) is 5.75 Å². The van der Waals surface area contributed by atoms with E-state index < -0.39 is 21.0 Å². The van der Waals surface area contributed by atoms with Crippen LogP contribution in [0.15, 0.2) is 23.4 Å². The van der Waals surface area contributed by atoms with Crippen molar-refractivity contribution in [3.63, 3.8) is 0 Å². The number of ether oxygens (including phenoxy) is 1. The second kappa shape index (κ2) is 4.35. The van der Waals surface area contributed by atoms with Crippen molar-refractivity contribution in [3.8, 4) is 17.1 Å². The molecule has 1 aromatic heterocycles. The summed E-state index contributed by atoms with van der Waals surface area (Å²) in [5.41, 5.74) is 0.0435. The zero-order valence-electron chi connectivity index (χ0n) is 9.21. The number of rotatable bonds is 3. The molecule has 0 aliphatic heterocycles. The molecule has 96 valence electrons. The minimum atomic E-state index is -3.99. The van der Waals surface area contributed by atoms with Crippen LogP contribution in [-0.4, -0.2) is 30.7 Å². The van der Waals surface area contributed by atoms with E-state index in [-0.39, 0.29) is 11.4 Å². The van der Waals surface area contributed by atoms with Gasteiger partial charge in [-0.1, -0.05) is 0 Å². The standard InChI is InChI=1S/C9H9FN4O3S/c1-17-5-2-3-6(7(10)4-5)8-12-9(14-13-8)18(11,15)16/h2-4H,1H3,(H2,11,15,16)(H,12,13,14). The van der Waals surface area contributed by atoms with Gasteiger partial charge in [0.05, 0.1) is 12.7 Å². The maximum atomic E-state index is 13.7. The van der Waals surface area contributed by atoms with Crippen LogP contribution in [0.2, 0.25) is 0 Å². The summed E-state index contributed by atoms with van der Waals surface area (Å²) in [4.78, 5) is 3.61. The summed E-state index contributed by atoms with van der Waals surface area (Å²) in [7, 11) is -2.59. The average Bonchev–Trinajstić information content (AvgIpc) is 2.77. The molecule has 0 saturated carbocycles. The van der Waals surface area contributed by atoms with E-state index in [0.717, 1.165) is 6.07 Å². The van der Waals surface area contributed by atoms with E-state index in [2.05, 4.69) is 15.2 Å². The van der Waals surface area contributed by atoms with Gasteiger partial charge in [0, 0.05) is 6.07 Å². The fourth-order valence-corrected chi connectivity index (χ4v) is 1.69. The van der Waals surface area contributed by atoms with Gasteiger partial charge in [-0.15, -0.1) is 0 Å². The molecular formula is C9H9FN4O3S. The Morgan fingerprint density at radius 1 is 1.44 bits per heavy atom. The van der Waals surface area contributed by atoms with Gasteiger partial charge >= 0.3 is 0 Å². The SMILES string of the molecule is COc1ccc(-c2n[nH]c(S(N)(=O)=O)n2)c(F)c1. The molecule has 0 unspecified atom stereocenters. The van der Waals surface area contributed by atoms with Crippen molar-refractivity contribution in [1.29, 1.82) is 0 Å². The van der Waals surface area contributed by atoms with Crippen LogP contribution in [-0.2, 0) is 10.0 Å². The number of sulfonamides is 1. The molecule has 0 fully saturated rings. The van der Waals surface area contributed by atoms with Crippen LogP contribution in [0.25, 0.3) is 11.4 Å². The summed E-state index contributed by atoms with van der Waals surface area (Å²) in [5.74, 6) is -0.396. The average molecular weight is 272 g/mol. The first-order valence-electron chi connectivity index (χ1n) is 4.71. The Balaban J connectivity index is 2.47. The largest absolute Gasteiger partial charge is 0.497 e. The highest BCUT2D eigenvalue weighted by molar-refractivity contribution is 7.89. The maximum Gasteiger partial charge on any atom is 0.273 e. The summed E-state index contributed by atoms with van der Waals surface area (Å²) in [6.45, 7) is 0. The number of nitrogens with two attached hydrogens (primary N) is 1. The Morgan fingerprint density at radius 3 is 2.67 bits per heavy atom. The first-order chi connectivity index (χ1) is 8.41. The van der Waals surface area contributed by atoms with Gasteiger partial charge in [-0.05, 0) is 12.1 Å². The lowest BCUT2D eigenvalue weighted by Crippen LogP contribution is -2.13. The summed E-state index contributed by atoms with van der Waals surface area (Å²) < 4.78 is 40.5. The first-order valence-corrected chi connectivity index (χ1v) is 6.25. The van der Waals surface area contributed by atoms with Crippen molar-refractivity contribution in [1.82, 2.24) is 15.2 Å². The van der Waals surface area contributed by atoms with Gasteiger partial charge in [0.2, 0.25) is 0 Å². The molecular weight excluding hydrogens is 263 g/mol. The normalized spacial score (nSPS) is 11.5. The monoisotopic (exact) mass is 272 g/mol. The molecule has 0 atom stereocenters. The van der Waals surface area contributed by atoms with Gasteiger partial charge < -0.3 is 4.74 Å². The zero-order chi connectivity index (χ0) is 13.3. The molecule has 3 N–H and O–H groups in total. The number of nitrogens with zero attached hydrogens (tertiary/aromatic N) is 2. The van der Waals surface area contributed by atoms with E-state index in [9.17, 15) is 12.8 Å².